The van der Waals surface area contributed by atoms with Gasteiger partial charge in [-0.25, -0.2) is 4.79 Å². The zero-order valence-electron chi connectivity index (χ0n) is 4.76. The van der Waals surface area contributed by atoms with E-state index in [9.17, 15) is 4.79 Å². The number of carboxylic acid groups (broad SMARTS) is 1. The highest BCUT2D eigenvalue weighted by Crippen LogP contribution is 1.88. The Morgan fingerprint density at radius 2 is 2.22 bits per heavy atom. The summed E-state index contributed by atoms with van der Waals surface area (Å²) in [6, 6.07) is 0.146. The fourth-order valence-corrected chi connectivity index (χ4v) is 0.565. The third-order valence-corrected chi connectivity index (χ3v) is 1.11. The quantitative estimate of drug-likeness (QED) is 0.481. The van der Waals surface area contributed by atoms with Gasteiger partial charge in [0.25, 0.3) is 0 Å². The second-order valence-electron chi connectivity index (χ2n) is 1.80. The van der Waals surface area contributed by atoms with E-state index < -0.39 is 6.09 Å². The number of amides is 1. The van der Waals surface area contributed by atoms with E-state index in [0.717, 1.165) is 13.1 Å². The average molecular weight is 153 g/mol. The second-order valence-corrected chi connectivity index (χ2v) is 1.80. The van der Waals surface area contributed by atoms with Crippen LogP contribution >= 0.6 is 12.4 Å². The Morgan fingerprint density at radius 1 is 1.67 bits per heavy atom. The predicted octanol–water partition coefficient (Wildman–Crippen LogP) is -0.352. The molecule has 0 aromatic heterocycles. The molecule has 0 spiro atoms. The maximum Gasteiger partial charge on any atom is 0.404 e. The van der Waals surface area contributed by atoms with Crippen LogP contribution in [0, 0.1) is 0 Å². The van der Waals surface area contributed by atoms with Gasteiger partial charge in [0.15, 0.2) is 0 Å². The summed E-state index contributed by atoms with van der Waals surface area (Å²) < 4.78 is 0. The van der Waals surface area contributed by atoms with Crippen molar-refractivity contribution >= 4 is 18.5 Å². The molecule has 1 amide bonds. The van der Waals surface area contributed by atoms with Gasteiger partial charge >= 0.3 is 6.09 Å². The molecule has 1 rings (SSSR count). The lowest BCUT2D eigenvalue weighted by atomic mass is 10.2. The third kappa shape index (κ3) is 2.53. The van der Waals surface area contributed by atoms with E-state index in [1.165, 1.54) is 0 Å². The molecule has 0 atom stereocenters. The van der Waals surface area contributed by atoms with E-state index in [2.05, 4.69) is 10.6 Å². The van der Waals surface area contributed by atoms with Crippen LogP contribution in [0.25, 0.3) is 0 Å². The normalized spacial score (nSPS) is 17.3. The van der Waals surface area contributed by atoms with Gasteiger partial charge in [0.2, 0.25) is 0 Å². The summed E-state index contributed by atoms with van der Waals surface area (Å²) in [6.45, 7) is 1.54. The van der Waals surface area contributed by atoms with E-state index in [4.69, 9.17) is 5.11 Å². The lowest BCUT2D eigenvalue weighted by Crippen LogP contribution is -2.56. The summed E-state index contributed by atoms with van der Waals surface area (Å²) in [4.78, 5) is 9.86. The Morgan fingerprint density at radius 3 is 2.33 bits per heavy atom. The van der Waals surface area contributed by atoms with E-state index >= 15 is 0 Å². The lowest BCUT2D eigenvalue weighted by molar-refractivity contribution is 0.184. The summed E-state index contributed by atoms with van der Waals surface area (Å²) in [5.41, 5.74) is 0. The molecule has 0 unspecified atom stereocenters. The summed E-state index contributed by atoms with van der Waals surface area (Å²) >= 11 is 0. The van der Waals surface area contributed by atoms with Gasteiger partial charge in [-0.05, 0) is 0 Å². The Hall–Kier alpha value is -0.480. The molecule has 1 heterocycles. The first-order valence-corrected chi connectivity index (χ1v) is 2.49. The highest BCUT2D eigenvalue weighted by atomic mass is 35.5. The molecule has 1 fully saturated rings. The molecule has 4 nitrogen and oxygen atoms in total. The minimum absolute atomic E-state index is 0. The minimum atomic E-state index is -0.934. The molecule has 1 saturated heterocycles. The zero-order chi connectivity index (χ0) is 5.98. The second kappa shape index (κ2) is 3.53. The summed E-state index contributed by atoms with van der Waals surface area (Å²) in [5, 5.41) is 13.4. The molecule has 1 aliphatic heterocycles. The van der Waals surface area contributed by atoms with Crippen LogP contribution < -0.4 is 10.6 Å². The van der Waals surface area contributed by atoms with Crippen LogP contribution in [0.5, 0.6) is 0 Å². The van der Waals surface area contributed by atoms with Crippen molar-refractivity contribution in [3.63, 3.8) is 0 Å². The van der Waals surface area contributed by atoms with Gasteiger partial charge in [-0.2, -0.15) is 0 Å². The minimum Gasteiger partial charge on any atom is -0.465 e. The molecule has 0 radical (unpaired) electrons. The van der Waals surface area contributed by atoms with E-state index in [1.54, 1.807) is 0 Å². The van der Waals surface area contributed by atoms with Crippen LogP contribution in [0.2, 0.25) is 0 Å². The van der Waals surface area contributed by atoms with E-state index in [1.807, 2.05) is 0 Å². The van der Waals surface area contributed by atoms with Crippen LogP contribution in [-0.4, -0.2) is 30.3 Å². The molecular formula is C4H9ClN2O2. The highest BCUT2D eigenvalue weighted by molar-refractivity contribution is 5.85. The molecule has 0 aromatic carbocycles. The van der Waals surface area contributed by atoms with Crippen LogP contribution in [0.15, 0.2) is 0 Å². The molecule has 0 bridgehead atoms. The van der Waals surface area contributed by atoms with Crippen LogP contribution in [0.1, 0.15) is 0 Å². The number of nitrogens with one attached hydrogen (secondary N) is 2. The van der Waals surface area contributed by atoms with Gasteiger partial charge in [-0.3, -0.25) is 0 Å². The smallest absolute Gasteiger partial charge is 0.404 e. The van der Waals surface area contributed by atoms with E-state index in [0.29, 0.717) is 0 Å². The molecule has 0 saturated carbocycles. The summed E-state index contributed by atoms with van der Waals surface area (Å²) in [7, 11) is 0. The standard InChI is InChI=1S/C4H8N2O2.ClH/c7-4(8)6-3-1-5-2-3;/h3,5-6H,1-2H2,(H,7,8);1H. The Kier molecular flexibility index (Phi) is 3.34. The van der Waals surface area contributed by atoms with Crippen molar-refractivity contribution in [3.05, 3.63) is 0 Å². The zero-order valence-corrected chi connectivity index (χ0v) is 5.57. The predicted molar refractivity (Wildman–Crippen MR) is 35.1 cm³/mol. The Balaban J connectivity index is 0.000000640. The van der Waals surface area contributed by atoms with Crippen molar-refractivity contribution in [2.45, 2.75) is 6.04 Å². The summed E-state index contributed by atoms with van der Waals surface area (Å²) in [6.07, 6.45) is -0.934. The van der Waals surface area contributed by atoms with Gasteiger partial charge in [0, 0.05) is 13.1 Å². The monoisotopic (exact) mass is 152 g/mol. The number of hydrogen-bond donors (Lipinski definition) is 3. The van der Waals surface area contributed by atoms with E-state index in [-0.39, 0.29) is 18.4 Å². The van der Waals surface area contributed by atoms with Crippen LogP contribution in [0.4, 0.5) is 4.79 Å². The fraction of sp³-hybridized carbons (Fsp3) is 0.750. The Labute approximate surface area is 59.0 Å². The maximum absolute atomic E-state index is 9.86. The van der Waals surface area contributed by atoms with Gasteiger partial charge in [-0.15, -0.1) is 12.4 Å². The number of halogens is 1. The topological polar surface area (TPSA) is 61.4 Å². The third-order valence-electron chi connectivity index (χ3n) is 1.11. The van der Waals surface area contributed by atoms with Gasteiger partial charge in [-0.1, -0.05) is 0 Å². The van der Waals surface area contributed by atoms with Crippen molar-refractivity contribution in [2.24, 2.45) is 0 Å². The molecule has 9 heavy (non-hydrogen) atoms. The SMILES string of the molecule is Cl.O=C(O)NC1CNC1. The first-order chi connectivity index (χ1) is 3.79. The molecule has 0 aromatic rings. The van der Waals surface area contributed by atoms with Crippen molar-refractivity contribution in [2.75, 3.05) is 13.1 Å². The lowest BCUT2D eigenvalue weighted by Gasteiger charge is -2.26. The molecular weight excluding hydrogens is 144 g/mol. The molecule has 1 aliphatic rings. The first kappa shape index (κ1) is 8.52. The van der Waals surface area contributed by atoms with Crippen molar-refractivity contribution in [3.8, 4) is 0 Å². The number of hydrogen-bond acceptors (Lipinski definition) is 2. The largest absolute Gasteiger partial charge is 0.465 e. The fourth-order valence-electron chi connectivity index (χ4n) is 0.565. The van der Waals surface area contributed by atoms with Crippen LogP contribution in [-0.2, 0) is 0 Å². The average Bonchev–Trinajstić information content (AvgIpc) is 1.55. The number of carbonyl (C=O) groups is 1. The van der Waals surface area contributed by atoms with Crippen molar-refractivity contribution < 1.29 is 9.90 Å². The van der Waals surface area contributed by atoms with Crippen molar-refractivity contribution in [1.29, 1.82) is 0 Å². The Bertz CT molecular complexity index is 105. The first-order valence-electron chi connectivity index (χ1n) is 2.49. The maximum atomic E-state index is 9.86. The highest BCUT2D eigenvalue weighted by Gasteiger charge is 2.17. The summed E-state index contributed by atoms with van der Waals surface area (Å²) in [5.74, 6) is 0. The van der Waals surface area contributed by atoms with Crippen LogP contribution in [0.3, 0.4) is 0 Å². The van der Waals surface area contributed by atoms with Gasteiger partial charge in [0.1, 0.15) is 0 Å². The molecule has 0 aliphatic carbocycles. The van der Waals surface area contributed by atoms with Crippen molar-refractivity contribution in [1.82, 2.24) is 10.6 Å². The van der Waals surface area contributed by atoms with Gasteiger partial charge < -0.3 is 15.7 Å². The molecule has 3 N–H and O–H groups in total. The molecule has 5 heteroatoms. The molecule has 54 valence electrons. The number of rotatable bonds is 1. The van der Waals surface area contributed by atoms with Gasteiger partial charge in [0.05, 0.1) is 6.04 Å².